The second-order valence-electron chi connectivity index (χ2n) is 9.86. The third-order valence-corrected chi connectivity index (χ3v) is 8.91. The average molecular weight is 538 g/mol. The summed E-state index contributed by atoms with van der Waals surface area (Å²) in [5, 5.41) is 2.69. The van der Waals surface area contributed by atoms with Crippen LogP contribution in [0, 0.1) is 5.41 Å². The van der Waals surface area contributed by atoms with E-state index in [1.54, 1.807) is 0 Å². The molecule has 37 heavy (non-hydrogen) atoms. The van der Waals surface area contributed by atoms with Crippen molar-refractivity contribution in [1.82, 2.24) is 14.5 Å². The van der Waals surface area contributed by atoms with Gasteiger partial charge in [-0.2, -0.15) is 17.5 Å². The first-order chi connectivity index (χ1) is 17.5. The number of hydrogen-bond acceptors (Lipinski definition) is 5. The van der Waals surface area contributed by atoms with Gasteiger partial charge in [-0.15, -0.1) is 0 Å². The van der Waals surface area contributed by atoms with Gasteiger partial charge in [0.05, 0.1) is 23.7 Å². The third kappa shape index (κ3) is 4.97. The molecule has 12 heteroatoms. The van der Waals surface area contributed by atoms with Gasteiger partial charge in [-0.3, -0.25) is 9.59 Å². The zero-order valence-corrected chi connectivity index (χ0v) is 20.6. The van der Waals surface area contributed by atoms with Crippen molar-refractivity contribution in [2.75, 3.05) is 32.8 Å². The Hall–Kier alpha value is -2.96. The van der Waals surface area contributed by atoms with Gasteiger partial charge in [0, 0.05) is 37.2 Å². The highest BCUT2D eigenvalue weighted by Gasteiger charge is 2.53. The van der Waals surface area contributed by atoms with Crippen molar-refractivity contribution in [1.29, 1.82) is 0 Å². The van der Waals surface area contributed by atoms with E-state index in [4.69, 9.17) is 4.74 Å². The van der Waals surface area contributed by atoms with Crippen molar-refractivity contribution >= 4 is 21.8 Å². The summed E-state index contributed by atoms with van der Waals surface area (Å²) in [5.74, 6) is -0.861. The Morgan fingerprint density at radius 3 is 2.41 bits per heavy atom. The monoisotopic (exact) mass is 537 g/mol. The molecular weight excluding hydrogens is 511 g/mol. The number of hydrogen-bond donors (Lipinski definition) is 1. The lowest BCUT2D eigenvalue weighted by atomic mass is 9.80. The SMILES string of the molecule is O=C(NCc1ccc(C(F)(F)F)cc1)[C@H]1CCCN1C(=O)c1cccc(S(=O)(=O)N2CC3(COC3)C2)c1. The number of amides is 2. The molecule has 2 amide bonds. The van der Waals surface area contributed by atoms with Gasteiger partial charge in [0.1, 0.15) is 6.04 Å². The van der Waals surface area contributed by atoms with Crippen LogP contribution in [-0.2, 0) is 32.3 Å². The van der Waals surface area contributed by atoms with Gasteiger partial charge in [0.25, 0.3) is 5.91 Å². The predicted molar refractivity (Wildman–Crippen MR) is 126 cm³/mol. The molecule has 0 aliphatic carbocycles. The number of halogens is 3. The van der Waals surface area contributed by atoms with Gasteiger partial charge >= 0.3 is 6.18 Å². The van der Waals surface area contributed by atoms with E-state index in [0.29, 0.717) is 51.3 Å². The van der Waals surface area contributed by atoms with Crippen LogP contribution in [0.4, 0.5) is 13.2 Å². The highest BCUT2D eigenvalue weighted by atomic mass is 32.2. The fourth-order valence-corrected chi connectivity index (χ4v) is 6.66. The molecule has 3 heterocycles. The summed E-state index contributed by atoms with van der Waals surface area (Å²) in [4.78, 5) is 27.6. The van der Waals surface area contributed by atoms with Gasteiger partial charge < -0.3 is 15.0 Å². The van der Waals surface area contributed by atoms with Gasteiger partial charge in [-0.1, -0.05) is 18.2 Å². The number of ether oxygens (including phenoxy) is 1. The maximum Gasteiger partial charge on any atom is 0.416 e. The lowest BCUT2D eigenvalue weighted by Gasteiger charge is -2.53. The molecule has 2 aromatic rings. The zero-order chi connectivity index (χ0) is 26.4. The van der Waals surface area contributed by atoms with Gasteiger partial charge in [0.2, 0.25) is 15.9 Å². The van der Waals surface area contributed by atoms with E-state index in [0.717, 1.165) is 12.1 Å². The van der Waals surface area contributed by atoms with Crippen molar-refractivity contribution in [2.24, 2.45) is 5.41 Å². The minimum Gasteiger partial charge on any atom is -0.380 e. The van der Waals surface area contributed by atoms with E-state index in [9.17, 15) is 31.2 Å². The Labute approximate surface area is 212 Å². The first kappa shape index (κ1) is 25.7. The molecule has 3 saturated heterocycles. The molecule has 1 atom stereocenters. The topological polar surface area (TPSA) is 96.0 Å². The zero-order valence-electron chi connectivity index (χ0n) is 19.8. The molecule has 0 aromatic heterocycles. The molecule has 198 valence electrons. The van der Waals surface area contributed by atoms with Crippen LogP contribution in [0.25, 0.3) is 0 Å². The first-order valence-electron chi connectivity index (χ1n) is 11.9. The number of alkyl halides is 3. The quantitative estimate of drug-likeness (QED) is 0.612. The van der Waals surface area contributed by atoms with Crippen molar-refractivity contribution < 1.29 is 35.9 Å². The summed E-state index contributed by atoms with van der Waals surface area (Å²) >= 11 is 0. The minimum absolute atomic E-state index is 0.0194. The van der Waals surface area contributed by atoms with E-state index in [-0.39, 0.29) is 22.4 Å². The summed E-state index contributed by atoms with van der Waals surface area (Å²) in [6.07, 6.45) is -3.41. The Bertz CT molecular complexity index is 1300. The van der Waals surface area contributed by atoms with Crippen molar-refractivity contribution in [3.63, 3.8) is 0 Å². The van der Waals surface area contributed by atoms with E-state index < -0.39 is 39.6 Å². The normalized spacial score (nSPS) is 21.4. The average Bonchev–Trinajstić information content (AvgIpc) is 3.30. The number of nitrogens with zero attached hydrogens (tertiary/aromatic N) is 2. The Balaban J connectivity index is 1.23. The number of nitrogens with one attached hydrogen (secondary N) is 1. The Morgan fingerprint density at radius 2 is 1.78 bits per heavy atom. The van der Waals surface area contributed by atoms with Crippen LogP contribution in [0.5, 0.6) is 0 Å². The summed E-state index contributed by atoms with van der Waals surface area (Å²) < 4.78 is 70.9. The van der Waals surface area contributed by atoms with Crippen LogP contribution in [0.3, 0.4) is 0 Å². The molecule has 0 unspecified atom stereocenters. The standard InChI is InChI=1S/C25H26F3N3O5S/c26-25(27,28)19-8-6-17(7-9-19)12-29-22(32)21-5-2-10-31(21)23(33)18-3-1-4-20(11-18)37(34,35)30-13-24(14-30)15-36-16-24/h1,3-4,6-9,11,21H,2,5,10,12-16H2,(H,29,32)/t21-/m1/s1. The number of likely N-dealkylation sites (tertiary alicyclic amines) is 1. The van der Waals surface area contributed by atoms with E-state index in [1.807, 2.05) is 0 Å². The smallest absolute Gasteiger partial charge is 0.380 e. The highest BCUT2D eigenvalue weighted by Crippen LogP contribution is 2.40. The van der Waals surface area contributed by atoms with Crippen LogP contribution in [0.2, 0.25) is 0 Å². The molecule has 0 bridgehead atoms. The molecule has 0 saturated carbocycles. The fraction of sp³-hybridized carbons (Fsp3) is 0.440. The molecule has 2 aromatic carbocycles. The molecule has 3 aliphatic rings. The Kier molecular flexibility index (Phi) is 6.53. The van der Waals surface area contributed by atoms with Gasteiger partial charge in [0.15, 0.2) is 0 Å². The van der Waals surface area contributed by atoms with Gasteiger partial charge in [-0.05, 0) is 48.7 Å². The number of benzene rings is 2. The largest absolute Gasteiger partial charge is 0.416 e. The third-order valence-electron chi connectivity index (χ3n) is 7.12. The fourth-order valence-electron chi connectivity index (χ4n) is 4.95. The number of rotatable bonds is 6. The summed E-state index contributed by atoms with van der Waals surface area (Å²) in [5.41, 5.74) is -0.191. The second kappa shape index (κ2) is 9.41. The van der Waals surface area contributed by atoms with Crippen molar-refractivity contribution in [3.8, 4) is 0 Å². The van der Waals surface area contributed by atoms with Crippen LogP contribution in [-0.4, -0.2) is 68.3 Å². The number of carbonyl (C=O) groups is 2. The van der Waals surface area contributed by atoms with E-state index in [1.165, 1.54) is 45.6 Å². The highest BCUT2D eigenvalue weighted by molar-refractivity contribution is 7.89. The van der Waals surface area contributed by atoms with E-state index in [2.05, 4.69) is 5.32 Å². The number of sulfonamides is 1. The predicted octanol–water partition coefficient (Wildman–Crippen LogP) is 2.65. The molecule has 1 spiro atoms. The van der Waals surface area contributed by atoms with Gasteiger partial charge in [-0.25, -0.2) is 8.42 Å². The van der Waals surface area contributed by atoms with Crippen LogP contribution >= 0.6 is 0 Å². The summed E-state index contributed by atoms with van der Waals surface area (Å²) in [6, 6.07) is 9.57. The van der Waals surface area contributed by atoms with Crippen LogP contribution in [0.1, 0.15) is 34.3 Å². The van der Waals surface area contributed by atoms with Crippen LogP contribution < -0.4 is 5.32 Å². The molecule has 3 aliphatic heterocycles. The Morgan fingerprint density at radius 1 is 1.08 bits per heavy atom. The molecule has 5 rings (SSSR count). The minimum atomic E-state index is -4.44. The van der Waals surface area contributed by atoms with Crippen molar-refractivity contribution in [2.45, 2.75) is 36.5 Å². The van der Waals surface area contributed by atoms with Crippen LogP contribution in [0.15, 0.2) is 53.4 Å². The molecule has 0 radical (unpaired) electrons. The summed E-state index contributed by atoms with van der Waals surface area (Å²) in [6.45, 7) is 2.24. The molecule has 1 N–H and O–H groups in total. The molecular formula is C25H26F3N3O5S. The first-order valence-corrected chi connectivity index (χ1v) is 13.4. The van der Waals surface area contributed by atoms with E-state index >= 15 is 0 Å². The molecule has 8 nitrogen and oxygen atoms in total. The number of carbonyl (C=O) groups excluding carboxylic acids is 2. The summed E-state index contributed by atoms with van der Waals surface area (Å²) in [7, 11) is -3.75. The molecule has 3 fully saturated rings. The maximum absolute atomic E-state index is 13.3. The second-order valence-corrected chi connectivity index (χ2v) is 11.8. The lowest BCUT2D eigenvalue weighted by molar-refractivity contribution is -0.166. The maximum atomic E-state index is 13.3. The van der Waals surface area contributed by atoms with Crippen molar-refractivity contribution in [3.05, 3.63) is 65.2 Å². The lowest BCUT2D eigenvalue weighted by Crippen LogP contribution is -2.66.